The summed E-state index contributed by atoms with van der Waals surface area (Å²) in [6, 6.07) is 9.26. The van der Waals surface area contributed by atoms with E-state index in [9.17, 15) is 8.42 Å². The maximum Gasteiger partial charge on any atom is 0.242 e. The maximum atomic E-state index is 12.3. The summed E-state index contributed by atoms with van der Waals surface area (Å²) in [5.74, 6) is 0. The lowest BCUT2D eigenvalue weighted by Gasteiger charge is -2.15. The van der Waals surface area contributed by atoms with Crippen molar-refractivity contribution in [3.63, 3.8) is 0 Å². The third-order valence-corrected chi connectivity index (χ3v) is 5.18. The van der Waals surface area contributed by atoms with Crippen molar-refractivity contribution in [2.45, 2.75) is 4.90 Å². The molecule has 0 radical (unpaired) electrons. The van der Waals surface area contributed by atoms with E-state index in [-0.39, 0.29) is 28.1 Å². The molecule has 9 heteroatoms. The highest BCUT2D eigenvalue weighted by Gasteiger charge is 2.19. The zero-order valence-electron chi connectivity index (χ0n) is 11.7. The van der Waals surface area contributed by atoms with Gasteiger partial charge in [-0.15, -0.1) is 0 Å². The quantitative estimate of drug-likeness (QED) is 0.697. The third kappa shape index (κ3) is 4.50. The highest BCUT2D eigenvalue weighted by atomic mass is 35.5. The summed E-state index contributed by atoms with van der Waals surface area (Å²) in [7, 11) is -3.79. The number of hydrogen-bond donors (Lipinski definition) is 3. The molecule has 0 aliphatic rings. The zero-order chi connectivity index (χ0) is 17.0. The lowest BCUT2D eigenvalue weighted by Crippen LogP contribution is -2.27. The van der Waals surface area contributed by atoms with Crippen LogP contribution in [0.5, 0.6) is 0 Å². The number of benzene rings is 2. The Labute approximate surface area is 149 Å². The van der Waals surface area contributed by atoms with E-state index in [1.807, 2.05) is 0 Å². The van der Waals surface area contributed by atoms with Crippen molar-refractivity contribution in [3.8, 4) is 0 Å². The van der Waals surface area contributed by atoms with Crippen LogP contribution < -0.4 is 10.0 Å². The molecule has 0 fully saturated rings. The summed E-state index contributed by atoms with van der Waals surface area (Å²) < 4.78 is 26.8. The van der Waals surface area contributed by atoms with Crippen LogP contribution in [-0.4, -0.2) is 26.7 Å². The minimum Gasteiger partial charge on any atom is -0.395 e. The lowest BCUT2D eigenvalue weighted by atomic mass is 10.2. The fourth-order valence-corrected chi connectivity index (χ4v) is 3.95. The Morgan fingerprint density at radius 3 is 2.26 bits per heavy atom. The molecular formula is C14H13Cl3N2O3S. The molecule has 124 valence electrons. The number of aliphatic hydroxyl groups is 1. The standard InChI is InChI=1S/C14H13Cl3N2O3S/c15-9-7-10(16)14(11(17)8-9)19-12-3-1-2-4-13(12)23(21,22)18-5-6-20/h1-4,7-8,18-20H,5-6H2. The Balaban J connectivity index is 2.43. The van der Waals surface area contributed by atoms with Crippen molar-refractivity contribution in [2.24, 2.45) is 0 Å². The average molecular weight is 396 g/mol. The predicted octanol–water partition coefficient (Wildman–Crippen LogP) is 3.66. The SMILES string of the molecule is O=S(=O)(NCCO)c1ccccc1Nc1c(Cl)cc(Cl)cc1Cl. The number of sulfonamides is 1. The maximum absolute atomic E-state index is 12.3. The molecule has 23 heavy (non-hydrogen) atoms. The smallest absolute Gasteiger partial charge is 0.242 e. The van der Waals surface area contributed by atoms with Crippen LogP contribution in [0.4, 0.5) is 11.4 Å². The minimum atomic E-state index is -3.79. The van der Waals surface area contributed by atoms with Crippen LogP contribution in [0, 0.1) is 0 Å². The van der Waals surface area contributed by atoms with E-state index in [1.165, 1.54) is 18.2 Å². The van der Waals surface area contributed by atoms with Crippen LogP contribution >= 0.6 is 34.8 Å². The number of halogens is 3. The van der Waals surface area contributed by atoms with Crippen LogP contribution in [0.2, 0.25) is 15.1 Å². The zero-order valence-corrected chi connectivity index (χ0v) is 14.8. The first-order valence-electron chi connectivity index (χ1n) is 6.46. The molecule has 0 aromatic heterocycles. The van der Waals surface area contributed by atoms with Crippen molar-refractivity contribution in [1.82, 2.24) is 4.72 Å². The highest BCUT2D eigenvalue weighted by molar-refractivity contribution is 7.89. The summed E-state index contributed by atoms with van der Waals surface area (Å²) in [6.45, 7) is -0.386. The predicted molar refractivity (Wildman–Crippen MR) is 93.5 cm³/mol. The summed E-state index contributed by atoms with van der Waals surface area (Å²) in [5.41, 5.74) is 0.645. The van der Waals surface area contributed by atoms with E-state index in [0.29, 0.717) is 16.4 Å². The Bertz CT molecular complexity index is 790. The number of para-hydroxylation sites is 1. The van der Waals surface area contributed by atoms with Gasteiger partial charge in [0.2, 0.25) is 10.0 Å². The van der Waals surface area contributed by atoms with Crippen molar-refractivity contribution in [3.05, 3.63) is 51.5 Å². The molecule has 0 spiro atoms. The van der Waals surface area contributed by atoms with Gasteiger partial charge in [-0.25, -0.2) is 13.1 Å². The van der Waals surface area contributed by atoms with Gasteiger partial charge in [-0.3, -0.25) is 0 Å². The molecule has 0 atom stereocenters. The topological polar surface area (TPSA) is 78.4 Å². The Hall–Kier alpha value is -1.02. The van der Waals surface area contributed by atoms with Crippen LogP contribution in [0.1, 0.15) is 0 Å². The van der Waals surface area contributed by atoms with E-state index < -0.39 is 10.0 Å². The van der Waals surface area contributed by atoms with Gasteiger partial charge in [-0.1, -0.05) is 46.9 Å². The fourth-order valence-electron chi connectivity index (χ4n) is 1.86. The van der Waals surface area contributed by atoms with Gasteiger partial charge in [0.15, 0.2) is 0 Å². The Kier molecular flexibility index (Phi) is 6.13. The van der Waals surface area contributed by atoms with Gasteiger partial charge >= 0.3 is 0 Å². The molecule has 0 unspecified atom stereocenters. The number of nitrogens with one attached hydrogen (secondary N) is 2. The van der Waals surface area contributed by atoms with Gasteiger partial charge in [0.25, 0.3) is 0 Å². The number of rotatable bonds is 6. The lowest BCUT2D eigenvalue weighted by molar-refractivity contribution is 0.301. The van der Waals surface area contributed by atoms with E-state index in [1.54, 1.807) is 18.2 Å². The second-order valence-electron chi connectivity index (χ2n) is 4.49. The first-order chi connectivity index (χ1) is 10.8. The molecule has 2 aromatic rings. The van der Waals surface area contributed by atoms with Gasteiger partial charge in [0, 0.05) is 11.6 Å². The Morgan fingerprint density at radius 2 is 1.65 bits per heavy atom. The van der Waals surface area contributed by atoms with E-state index in [2.05, 4.69) is 10.0 Å². The first-order valence-corrected chi connectivity index (χ1v) is 9.08. The van der Waals surface area contributed by atoms with E-state index >= 15 is 0 Å². The van der Waals surface area contributed by atoms with E-state index in [4.69, 9.17) is 39.9 Å². The monoisotopic (exact) mass is 394 g/mol. The van der Waals surface area contributed by atoms with Gasteiger partial charge in [-0.2, -0.15) is 0 Å². The van der Waals surface area contributed by atoms with Gasteiger partial charge in [-0.05, 0) is 24.3 Å². The minimum absolute atomic E-state index is 0.00975. The van der Waals surface area contributed by atoms with Gasteiger partial charge < -0.3 is 10.4 Å². The molecule has 0 amide bonds. The second kappa shape index (κ2) is 7.70. The van der Waals surface area contributed by atoms with Gasteiger partial charge in [0.05, 0.1) is 28.0 Å². The summed E-state index contributed by atoms with van der Waals surface area (Å²) in [5, 5.41) is 12.6. The van der Waals surface area contributed by atoms with E-state index in [0.717, 1.165) is 0 Å². The molecule has 0 bridgehead atoms. The number of aliphatic hydroxyl groups excluding tert-OH is 1. The number of hydrogen-bond acceptors (Lipinski definition) is 4. The summed E-state index contributed by atoms with van der Waals surface area (Å²) in [4.78, 5) is 0.00975. The molecule has 3 N–H and O–H groups in total. The second-order valence-corrected chi connectivity index (χ2v) is 7.47. The molecule has 0 aliphatic heterocycles. The molecule has 2 rings (SSSR count). The summed E-state index contributed by atoms with van der Waals surface area (Å²) in [6.07, 6.45) is 0. The molecule has 0 heterocycles. The average Bonchev–Trinajstić information content (AvgIpc) is 2.49. The largest absolute Gasteiger partial charge is 0.395 e. The van der Waals surface area contributed by atoms with Crippen molar-refractivity contribution in [1.29, 1.82) is 0 Å². The normalized spacial score (nSPS) is 11.5. The van der Waals surface area contributed by atoms with Crippen molar-refractivity contribution in [2.75, 3.05) is 18.5 Å². The van der Waals surface area contributed by atoms with Gasteiger partial charge in [0.1, 0.15) is 4.90 Å². The van der Waals surface area contributed by atoms with Crippen molar-refractivity contribution >= 4 is 56.2 Å². The third-order valence-electron chi connectivity index (χ3n) is 2.85. The molecule has 0 aliphatic carbocycles. The van der Waals surface area contributed by atoms with Crippen LogP contribution in [0.25, 0.3) is 0 Å². The molecule has 0 saturated carbocycles. The van der Waals surface area contributed by atoms with Crippen LogP contribution in [-0.2, 0) is 10.0 Å². The molecule has 0 saturated heterocycles. The first kappa shape index (κ1) is 18.3. The Morgan fingerprint density at radius 1 is 1.04 bits per heavy atom. The van der Waals surface area contributed by atoms with Crippen molar-refractivity contribution < 1.29 is 13.5 Å². The fraction of sp³-hybridized carbons (Fsp3) is 0.143. The number of anilines is 2. The summed E-state index contributed by atoms with van der Waals surface area (Å²) >= 11 is 18.1. The van der Waals surface area contributed by atoms with Crippen LogP contribution in [0.15, 0.2) is 41.3 Å². The molecule has 2 aromatic carbocycles. The molecule has 5 nitrogen and oxygen atoms in total. The molecular weight excluding hydrogens is 383 g/mol. The van der Waals surface area contributed by atoms with Crippen LogP contribution in [0.3, 0.4) is 0 Å². The highest BCUT2D eigenvalue weighted by Crippen LogP contribution is 2.37.